The smallest absolute Gasteiger partial charge is 0.245 e. The average Bonchev–Trinajstić information content (AvgIpc) is 2.41. The van der Waals surface area contributed by atoms with Crippen molar-refractivity contribution in [3.05, 3.63) is 29.0 Å². The first-order valence-corrected chi connectivity index (χ1v) is 7.92. The highest BCUT2D eigenvalue weighted by Gasteiger charge is 2.35. The second kappa shape index (κ2) is 5.93. The minimum Gasteiger partial charge on any atom is -0.378 e. The van der Waals surface area contributed by atoms with Crippen LogP contribution in [0, 0.1) is 5.82 Å². The molecule has 1 aromatic rings. The summed E-state index contributed by atoms with van der Waals surface area (Å²) >= 11 is 11.6. The lowest BCUT2D eigenvalue weighted by molar-refractivity contribution is 0.0404. The predicted molar refractivity (Wildman–Crippen MR) is 70.6 cm³/mol. The van der Waals surface area contributed by atoms with Gasteiger partial charge in [0.1, 0.15) is 10.7 Å². The van der Waals surface area contributed by atoms with Gasteiger partial charge in [0.25, 0.3) is 0 Å². The predicted octanol–water partition coefficient (Wildman–Crippen LogP) is 2.11. The molecule has 1 saturated heterocycles. The van der Waals surface area contributed by atoms with Gasteiger partial charge in [0.15, 0.2) is 0 Å². The van der Waals surface area contributed by atoms with Crippen LogP contribution >= 0.6 is 23.2 Å². The van der Waals surface area contributed by atoms with Gasteiger partial charge in [-0.25, -0.2) is 12.8 Å². The molecule has 0 amide bonds. The standard InChI is InChI=1S/C11H12Cl2FNO3S/c12-6-9-7-18-4-3-15(9)19(16,17)11-5-8(14)1-2-10(11)13/h1-2,5,9H,3-4,6-7H2. The van der Waals surface area contributed by atoms with E-state index in [4.69, 9.17) is 27.9 Å². The van der Waals surface area contributed by atoms with Crippen molar-refractivity contribution in [2.24, 2.45) is 0 Å². The quantitative estimate of drug-likeness (QED) is 0.799. The lowest BCUT2D eigenvalue weighted by Gasteiger charge is -2.33. The van der Waals surface area contributed by atoms with E-state index < -0.39 is 21.9 Å². The van der Waals surface area contributed by atoms with E-state index >= 15 is 0 Å². The summed E-state index contributed by atoms with van der Waals surface area (Å²) in [5.74, 6) is -0.551. The van der Waals surface area contributed by atoms with Crippen LogP contribution in [0.3, 0.4) is 0 Å². The molecule has 2 rings (SSSR count). The molecule has 1 atom stereocenters. The van der Waals surface area contributed by atoms with E-state index in [1.165, 1.54) is 10.4 Å². The van der Waals surface area contributed by atoms with E-state index in [1.807, 2.05) is 0 Å². The summed E-state index contributed by atoms with van der Waals surface area (Å²) in [6.07, 6.45) is 0. The number of rotatable bonds is 3. The first-order chi connectivity index (χ1) is 8.96. The van der Waals surface area contributed by atoms with Gasteiger partial charge in [0.2, 0.25) is 10.0 Å². The normalized spacial score (nSPS) is 21.5. The van der Waals surface area contributed by atoms with E-state index in [1.54, 1.807) is 0 Å². The van der Waals surface area contributed by atoms with Gasteiger partial charge in [-0.2, -0.15) is 4.31 Å². The Morgan fingerprint density at radius 2 is 2.21 bits per heavy atom. The molecule has 0 aliphatic carbocycles. The van der Waals surface area contributed by atoms with Crippen LogP contribution in [-0.2, 0) is 14.8 Å². The van der Waals surface area contributed by atoms with Crippen molar-refractivity contribution in [2.75, 3.05) is 25.6 Å². The highest BCUT2D eigenvalue weighted by atomic mass is 35.5. The average molecular weight is 328 g/mol. The lowest BCUT2D eigenvalue weighted by atomic mass is 10.3. The molecule has 0 N–H and O–H groups in total. The molecule has 0 bridgehead atoms. The molecule has 0 radical (unpaired) electrons. The molecule has 0 saturated carbocycles. The van der Waals surface area contributed by atoms with Crippen LogP contribution in [0.4, 0.5) is 4.39 Å². The summed E-state index contributed by atoms with van der Waals surface area (Å²) in [6, 6.07) is 2.78. The molecule has 19 heavy (non-hydrogen) atoms. The van der Waals surface area contributed by atoms with E-state index in [-0.39, 0.29) is 35.6 Å². The maximum atomic E-state index is 13.2. The van der Waals surface area contributed by atoms with Crippen molar-refractivity contribution < 1.29 is 17.5 Å². The number of morpholine rings is 1. The summed E-state index contributed by atoms with van der Waals surface area (Å²) < 4.78 is 44.6. The minimum absolute atomic E-state index is 0.0128. The summed E-state index contributed by atoms with van der Waals surface area (Å²) in [6.45, 7) is 0.668. The molecule has 1 aliphatic heterocycles. The van der Waals surface area contributed by atoms with Gasteiger partial charge in [-0.1, -0.05) is 11.6 Å². The first kappa shape index (κ1) is 15.0. The molecule has 4 nitrogen and oxygen atoms in total. The molecule has 0 aromatic heterocycles. The molecular formula is C11H12Cl2FNO3S. The number of sulfonamides is 1. The maximum Gasteiger partial charge on any atom is 0.245 e. The van der Waals surface area contributed by atoms with Gasteiger partial charge >= 0.3 is 0 Å². The highest BCUT2D eigenvalue weighted by molar-refractivity contribution is 7.89. The first-order valence-electron chi connectivity index (χ1n) is 5.57. The van der Waals surface area contributed by atoms with Crippen LogP contribution < -0.4 is 0 Å². The summed E-state index contributed by atoms with van der Waals surface area (Å²) in [5.41, 5.74) is 0. The zero-order chi connectivity index (χ0) is 14.0. The van der Waals surface area contributed by atoms with Crippen LogP contribution in [0.2, 0.25) is 5.02 Å². The van der Waals surface area contributed by atoms with Gasteiger partial charge < -0.3 is 4.74 Å². The van der Waals surface area contributed by atoms with E-state index in [9.17, 15) is 12.8 Å². The van der Waals surface area contributed by atoms with Crippen LogP contribution in [0.5, 0.6) is 0 Å². The van der Waals surface area contributed by atoms with Gasteiger partial charge in [-0.3, -0.25) is 0 Å². The van der Waals surface area contributed by atoms with Gasteiger partial charge in [-0.05, 0) is 18.2 Å². The number of benzene rings is 1. The van der Waals surface area contributed by atoms with Crippen molar-refractivity contribution in [1.29, 1.82) is 0 Å². The molecule has 1 aromatic carbocycles. The third-order valence-corrected chi connectivity index (χ3v) is 5.62. The van der Waals surface area contributed by atoms with Gasteiger partial charge in [-0.15, -0.1) is 11.6 Å². The monoisotopic (exact) mass is 327 g/mol. The minimum atomic E-state index is -3.88. The number of nitrogens with zero attached hydrogens (tertiary/aromatic N) is 1. The van der Waals surface area contributed by atoms with Gasteiger partial charge in [0, 0.05) is 12.4 Å². The Labute approximate surface area is 121 Å². The second-order valence-electron chi connectivity index (χ2n) is 4.07. The Balaban J connectivity index is 2.43. The molecule has 106 valence electrons. The summed E-state index contributed by atoms with van der Waals surface area (Å²) in [4.78, 5) is -0.244. The van der Waals surface area contributed by atoms with Crippen molar-refractivity contribution in [2.45, 2.75) is 10.9 Å². The van der Waals surface area contributed by atoms with Crippen LogP contribution in [0.25, 0.3) is 0 Å². The molecule has 1 aliphatic rings. The fourth-order valence-electron chi connectivity index (χ4n) is 1.88. The molecule has 1 fully saturated rings. The molecule has 0 spiro atoms. The Kier molecular flexibility index (Phi) is 4.68. The number of halogens is 3. The van der Waals surface area contributed by atoms with Crippen LogP contribution in [-0.4, -0.2) is 44.4 Å². The highest BCUT2D eigenvalue weighted by Crippen LogP contribution is 2.27. The largest absolute Gasteiger partial charge is 0.378 e. The Morgan fingerprint density at radius 1 is 1.47 bits per heavy atom. The van der Waals surface area contributed by atoms with Crippen molar-refractivity contribution in [3.8, 4) is 0 Å². The lowest BCUT2D eigenvalue weighted by Crippen LogP contribution is -2.49. The maximum absolute atomic E-state index is 13.2. The van der Waals surface area contributed by atoms with Crippen LogP contribution in [0.1, 0.15) is 0 Å². The number of alkyl halides is 1. The molecule has 8 heteroatoms. The topological polar surface area (TPSA) is 46.6 Å². The molecule has 1 unspecified atom stereocenters. The van der Waals surface area contributed by atoms with Crippen molar-refractivity contribution in [1.82, 2.24) is 4.31 Å². The Morgan fingerprint density at radius 3 is 2.89 bits per heavy atom. The number of hydrogen-bond acceptors (Lipinski definition) is 3. The summed E-state index contributed by atoms with van der Waals surface area (Å²) in [7, 11) is -3.88. The summed E-state index contributed by atoms with van der Waals surface area (Å²) in [5, 5.41) is -0.0128. The van der Waals surface area contributed by atoms with E-state index in [0.29, 0.717) is 0 Å². The fraction of sp³-hybridized carbons (Fsp3) is 0.455. The zero-order valence-corrected chi connectivity index (χ0v) is 12.2. The van der Waals surface area contributed by atoms with E-state index in [0.717, 1.165) is 12.1 Å². The Bertz CT molecular complexity index is 567. The van der Waals surface area contributed by atoms with Crippen molar-refractivity contribution >= 4 is 33.2 Å². The second-order valence-corrected chi connectivity index (χ2v) is 6.65. The zero-order valence-electron chi connectivity index (χ0n) is 9.85. The Hall–Kier alpha value is -0.400. The number of ether oxygens (including phenoxy) is 1. The fourth-order valence-corrected chi connectivity index (χ4v) is 4.30. The SMILES string of the molecule is O=S(=O)(c1cc(F)ccc1Cl)N1CCOCC1CCl. The molecular weight excluding hydrogens is 316 g/mol. The van der Waals surface area contributed by atoms with Crippen molar-refractivity contribution in [3.63, 3.8) is 0 Å². The number of hydrogen-bond donors (Lipinski definition) is 0. The van der Waals surface area contributed by atoms with Gasteiger partial charge in [0.05, 0.1) is 24.3 Å². The third-order valence-electron chi connectivity index (χ3n) is 2.83. The van der Waals surface area contributed by atoms with E-state index in [2.05, 4.69) is 0 Å². The third kappa shape index (κ3) is 3.03. The van der Waals surface area contributed by atoms with Crippen LogP contribution in [0.15, 0.2) is 23.1 Å². The molecule has 1 heterocycles.